The van der Waals surface area contributed by atoms with E-state index in [1.54, 1.807) is 0 Å². The van der Waals surface area contributed by atoms with E-state index in [0.29, 0.717) is 12.2 Å². The Kier molecular flexibility index (Phi) is 4.16. The molecule has 1 fully saturated rings. The van der Waals surface area contributed by atoms with Gasteiger partial charge in [-0.2, -0.15) is 13.2 Å². The lowest BCUT2D eigenvalue weighted by Crippen LogP contribution is -2.22. The van der Waals surface area contributed by atoms with Crippen LogP contribution >= 0.6 is 0 Å². The molecule has 5 heteroatoms. The molecule has 1 aromatic carbocycles. The Morgan fingerprint density at radius 3 is 2.47 bits per heavy atom. The van der Waals surface area contributed by atoms with E-state index in [2.05, 4.69) is 0 Å². The highest BCUT2D eigenvalue weighted by Gasteiger charge is 2.34. The molecule has 1 heterocycles. The summed E-state index contributed by atoms with van der Waals surface area (Å²) in [6.07, 6.45) is -3.60. The van der Waals surface area contributed by atoms with Gasteiger partial charge >= 0.3 is 6.18 Å². The van der Waals surface area contributed by atoms with Crippen LogP contribution in [0.2, 0.25) is 0 Å². The van der Waals surface area contributed by atoms with Gasteiger partial charge in [-0.3, -0.25) is 0 Å². The van der Waals surface area contributed by atoms with E-state index in [4.69, 9.17) is 4.74 Å². The summed E-state index contributed by atoms with van der Waals surface area (Å²) in [7, 11) is 0. The SMILES string of the molecule is CCC1OCCC1C(O)c1ccc(C(F)(F)F)cc1. The Morgan fingerprint density at radius 2 is 1.95 bits per heavy atom. The van der Waals surface area contributed by atoms with Crippen LogP contribution < -0.4 is 0 Å². The fourth-order valence-corrected chi connectivity index (χ4v) is 2.56. The van der Waals surface area contributed by atoms with Gasteiger partial charge in [-0.05, 0) is 30.5 Å². The summed E-state index contributed by atoms with van der Waals surface area (Å²) < 4.78 is 42.9. The molecule has 1 aliphatic heterocycles. The zero-order chi connectivity index (χ0) is 14.0. The maximum absolute atomic E-state index is 12.5. The number of rotatable bonds is 3. The van der Waals surface area contributed by atoms with Gasteiger partial charge < -0.3 is 9.84 Å². The third kappa shape index (κ3) is 3.09. The van der Waals surface area contributed by atoms with Crippen molar-refractivity contribution in [3.8, 4) is 0 Å². The van der Waals surface area contributed by atoms with E-state index in [9.17, 15) is 18.3 Å². The van der Waals surface area contributed by atoms with E-state index in [1.165, 1.54) is 12.1 Å². The molecule has 1 aliphatic rings. The summed E-state index contributed by atoms with van der Waals surface area (Å²) in [5.74, 6) is -0.0401. The second-order valence-electron chi connectivity index (χ2n) is 4.83. The van der Waals surface area contributed by atoms with Crippen LogP contribution in [0.15, 0.2) is 24.3 Å². The Bertz CT molecular complexity index is 414. The van der Waals surface area contributed by atoms with Gasteiger partial charge in [-0.1, -0.05) is 19.1 Å². The van der Waals surface area contributed by atoms with Crippen LogP contribution in [0, 0.1) is 5.92 Å². The van der Waals surface area contributed by atoms with E-state index < -0.39 is 17.8 Å². The van der Waals surface area contributed by atoms with Crippen LogP contribution in [-0.2, 0) is 10.9 Å². The first kappa shape index (κ1) is 14.3. The highest BCUT2D eigenvalue weighted by molar-refractivity contribution is 5.26. The van der Waals surface area contributed by atoms with Crippen molar-refractivity contribution in [2.45, 2.75) is 38.1 Å². The van der Waals surface area contributed by atoms with Crippen LogP contribution in [0.25, 0.3) is 0 Å². The Hall–Kier alpha value is -1.07. The molecule has 0 spiro atoms. The standard InChI is InChI=1S/C14H17F3O2/c1-2-12-11(7-8-19-12)13(18)9-3-5-10(6-4-9)14(15,16)17/h3-6,11-13,18H,2,7-8H2,1H3. The van der Waals surface area contributed by atoms with Crippen molar-refractivity contribution in [1.29, 1.82) is 0 Å². The summed E-state index contributed by atoms with van der Waals surface area (Å²) in [6.45, 7) is 2.57. The van der Waals surface area contributed by atoms with Gasteiger partial charge in [-0.25, -0.2) is 0 Å². The van der Waals surface area contributed by atoms with Crippen molar-refractivity contribution in [3.05, 3.63) is 35.4 Å². The predicted octanol–water partition coefficient (Wildman–Crippen LogP) is 3.55. The van der Waals surface area contributed by atoms with Crippen LogP contribution in [0.3, 0.4) is 0 Å². The lowest BCUT2D eigenvalue weighted by atomic mass is 9.89. The minimum atomic E-state index is -4.34. The molecule has 0 aliphatic carbocycles. The van der Waals surface area contributed by atoms with Gasteiger partial charge in [0.05, 0.1) is 17.8 Å². The topological polar surface area (TPSA) is 29.5 Å². The van der Waals surface area contributed by atoms with Gasteiger partial charge in [0.2, 0.25) is 0 Å². The van der Waals surface area contributed by atoms with E-state index in [0.717, 1.165) is 25.0 Å². The molecule has 0 radical (unpaired) electrons. The van der Waals surface area contributed by atoms with Gasteiger partial charge in [-0.15, -0.1) is 0 Å². The van der Waals surface area contributed by atoms with Crippen molar-refractivity contribution in [2.75, 3.05) is 6.61 Å². The first-order chi connectivity index (χ1) is 8.93. The first-order valence-electron chi connectivity index (χ1n) is 6.40. The molecule has 19 heavy (non-hydrogen) atoms. The smallest absolute Gasteiger partial charge is 0.388 e. The largest absolute Gasteiger partial charge is 0.416 e. The highest BCUT2D eigenvalue weighted by Crippen LogP contribution is 2.36. The van der Waals surface area contributed by atoms with E-state index >= 15 is 0 Å². The quantitative estimate of drug-likeness (QED) is 0.913. The highest BCUT2D eigenvalue weighted by atomic mass is 19.4. The Morgan fingerprint density at radius 1 is 1.32 bits per heavy atom. The fraction of sp³-hybridized carbons (Fsp3) is 0.571. The van der Waals surface area contributed by atoms with Crippen molar-refractivity contribution in [1.82, 2.24) is 0 Å². The molecule has 1 N–H and O–H groups in total. The van der Waals surface area contributed by atoms with Gasteiger partial charge in [0, 0.05) is 12.5 Å². The molecule has 3 unspecified atom stereocenters. The number of hydrogen-bond donors (Lipinski definition) is 1. The van der Waals surface area contributed by atoms with E-state index in [-0.39, 0.29) is 12.0 Å². The zero-order valence-electron chi connectivity index (χ0n) is 10.7. The minimum Gasteiger partial charge on any atom is -0.388 e. The van der Waals surface area contributed by atoms with Crippen molar-refractivity contribution in [3.63, 3.8) is 0 Å². The average molecular weight is 274 g/mol. The molecule has 2 rings (SSSR count). The molecular weight excluding hydrogens is 257 g/mol. The van der Waals surface area contributed by atoms with Crippen LogP contribution in [0.4, 0.5) is 13.2 Å². The summed E-state index contributed by atoms with van der Waals surface area (Å²) in [5.41, 5.74) is -0.180. The molecule has 0 amide bonds. The first-order valence-corrected chi connectivity index (χ1v) is 6.40. The molecule has 3 atom stereocenters. The second-order valence-corrected chi connectivity index (χ2v) is 4.83. The van der Waals surface area contributed by atoms with Gasteiger partial charge in [0.15, 0.2) is 0 Å². The number of alkyl halides is 3. The third-order valence-electron chi connectivity index (χ3n) is 3.65. The lowest BCUT2D eigenvalue weighted by molar-refractivity contribution is -0.137. The molecule has 106 valence electrons. The summed E-state index contributed by atoms with van der Waals surface area (Å²) in [6, 6.07) is 4.71. The lowest BCUT2D eigenvalue weighted by Gasteiger charge is -2.23. The van der Waals surface area contributed by atoms with E-state index in [1.807, 2.05) is 6.92 Å². The van der Waals surface area contributed by atoms with Crippen LogP contribution in [-0.4, -0.2) is 17.8 Å². The molecule has 1 aromatic rings. The number of hydrogen-bond acceptors (Lipinski definition) is 2. The summed E-state index contributed by atoms with van der Waals surface area (Å²) in [4.78, 5) is 0. The molecule has 2 nitrogen and oxygen atoms in total. The predicted molar refractivity (Wildman–Crippen MR) is 64.5 cm³/mol. The number of benzene rings is 1. The van der Waals surface area contributed by atoms with Crippen molar-refractivity contribution in [2.24, 2.45) is 5.92 Å². The number of ether oxygens (including phenoxy) is 1. The molecule has 0 bridgehead atoms. The molecule has 1 saturated heterocycles. The fourth-order valence-electron chi connectivity index (χ4n) is 2.56. The second kappa shape index (κ2) is 5.51. The average Bonchev–Trinajstić information content (AvgIpc) is 2.85. The third-order valence-corrected chi connectivity index (χ3v) is 3.65. The minimum absolute atomic E-state index is 0.0164. The van der Waals surface area contributed by atoms with Crippen LogP contribution in [0.1, 0.15) is 37.0 Å². The summed E-state index contributed by atoms with van der Waals surface area (Å²) >= 11 is 0. The summed E-state index contributed by atoms with van der Waals surface area (Å²) in [5, 5.41) is 10.3. The maximum Gasteiger partial charge on any atom is 0.416 e. The van der Waals surface area contributed by atoms with Crippen molar-refractivity contribution < 1.29 is 23.0 Å². The molecule has 0 aromatic heterocycles. The molecule has 0 saturated carbocycles. The zero-order valence-corrected chi connectivity index (χ0v) is 10.7. The maximum atomic E-state index is 12.5. The number of aliphatic hydroxyl groups is 1. The van der Waals surface area contributed by atoms with Crippen molar-refractivity contribution >= 4 is 0 Å². The van der Waals surface area contributed by atoms with Gasteiger partial charge in [0.1, 0.15) is 0 Å². The Labute approximate surface area is 110 Å². The number of aliphatic hydroxyl groups excluding tert-OH is 1. The molecular formula is C14H17F3O2. The number of halogens is 3. The Balaban J connectivity index is 2.13. The van der Waals surface area contributed by atoms with Gasteiger partial charge in [0.25, 0.3) is 0 Å². The normalized spacial score (nSPS) is 25.5. The monoisotopic (exact) mass is 274 g/mol. The van der Waals surface area contributed by atoms with Crippen LogP contribution in [0.5, 0.6) is 0 Å².